The van der Waals surface area contributed by atoms with Crippen molar-refractivity contribution >= 4 is 11.6 Å². The molecular formula is C20H19N3O4. The van der Waals surface area contributed by atoms with E-state index in [4.69, 9.17) is 14.7 Å². The van der Waals surface area contributed by atoms with Crippen LogP contribution in [0.2, 0.25) is 0 Å². The molecule has 27 heavy (non-hydrogen) atoms. The summed E-state index contributed by atoms with van der Waals surface area (Å²) >= 11 is 0. The Morgan fingerprint density at radius 2 is 2.04 bits per heavy atom. The number of rotatable bonds is 5. The van der Waals surface area contributed by atoms with Crippen LogP contribution in [0, 0.1) is 11.3 Å². The van der Waals surface area contributed by atoms with Crippen LogP contribution in [0.1, 0.15) is 24.5 Å². The monoisotopic (exact) mass is 365 g/mol. The van der Waals surface area contributed by atoms with Crippen LogP contribution < -0.4 is 9.47 Å². The van der Waals surface area contributed by atoms with E-state index in [1.54, 1.807) is 55.5 Å². The van der Waals surface area contributed by atoms with Gasteiger partial charge in [0.15, 0.2) is 12.3 Å². The lowest BCUT2D eigenvalue weighted by atomic mass is 9.97. The van der Waals surface area contributed by atoms with Crippen molar-refractivity contribution in [2.24, 2.45) is 5.10 Å². The molecule has 0 saturated carbocycles. The normalized spacial score (nSPS) is 18.6. The molecule has 0 bridgehead atoms. The van der Waals surface area contributed by atoms with Gasteiger partial charge in [-0.15, -0.1) is 0 Å². The maximum absolute atomic E-state index is 12.7. The summed E-state index contributed by atoms with van der Waals surface area (Å²) in [7, 11) is 1.54. The summed E-state index contributed by atoms with van der Waals surface area (Å²) in [5.41, 5.74) is 0.0473. The molecule has 0 saturated heterocycles. The third-order valence-corrected chi connectivity index (χ3v) is 4.24. The van der Waals surface area contributed by atoms with Gasteiger partial charge in [0, 0.05) is 17.7 Å². The number of methoxy groups -OCH3 is 1. The van der Waals surface area contributed by atoms with E-state index in [9.17, 15) is 9.90 Å². The van der Waals surface area contributed by atoms with E-state index in [2.05, 4.69) is 5.10 Å². The third-order valence-electron chi connectivity index (χ3n) is 4.24. The van der Waals surface area contributed by atoms with Crippen molar-refractivity contribution in [3.63, 3.8) is 0 Å². The smallest absolute Gasteiger partial charge is 0.283 e. The molecule has 7 heteroatoms. The van der Waals surface area contributed by atoms with Crippen LogP contribution in [0.5, 0.6) is 11.5 Å². The molecule has 7 nitrogen and oxygen atoms in total. The van der Waals surface area contributed by atoms with Crippen LogP contribution in [0.4, 0.5) is 0 Å². The molecule has 3 rings (SSSR count). The van der Waals surface area contributed by atoms with Crippen molar-refractivity contribution in [2.45, 2.75) is 19.1 Å². The van der Waals surface area contributed by atoms with Gasteiger partial charge in [-0.1, -0.05) is 12.1 Å². The molecule has 1 aliphatic rings. The van der Waals surface area contributed by atoms with Gasteiger partial charge < -0.3 is 14.6 Å². The van der Waals surface area contributed by atoms with Crippen molar-refractivity contribution in [1.29, 1.82) is 5.26 Å². The fourth-order valence-electron chi connectivity index (χ4n) is 2.91. The number of carbonyl (C=O) groups is 1. The topological polar surface area (TPSA) is 95.2 Å². The zero-order chi connectivity index (χ0) is 19.4. The van der Waals surface area contributed by atoms with E-state index in [-0.39, 0.29) is 13.0 Å². The summed E-state index contributed by atoms with van der Waals surface area (Å²) in [6.07, 6.45) is 0.197. The van der Waals surface area contributed by atoms with Crippen LogP contribution >= 0.6 is 0 Å². The number of nitrogens with zero attached hydrogens (tertiary/aromatic N) is 3. The summed E-state index contributed by atoms with van der Waals surface area (Å²) in [5, 5.41) is 25.3. The van der Waals surface area contributed by atoms with Gasteiger partial charge in [0.2, 0.25) is 0 Å². The number of carbonyl (C=O) groups excluding carboxylic acids is 1. The first-order valence-corrected chi connectivity index (χ1v) is 8.33. The van der Waals surface area contributed by atoms with Gasteiger partial charge in [0.1, 0.15) is 11.5 Å². The molecule has 138 valence electrons. The van der Waals surface area contributed by atoms with Crippen LogP contribution in [-0.2, 0) is 10.5 Å². The highest BCUT2D eigenvalue weighted by Gasteiger charge is 2.45. The van der Waals surface area contributed by atoms with Crippen molar-refractivity contribution in [2.75, 3.05) is 13.7 Å². The molecule has 1 aliphatic heterocycles. The maximum Gasteiger partial charge on any atom is 0.283 e. The lowest BCUT2D eigenvalue weighted by Crippen LogP contribution is -2.45. The molecular weight excluding hydrogens is 346 g/mol. The minimum Gasteiger partial charge on any atom is -0.497 e. The van der Waals surface area contributed by atoms with Gasteiger partial charge in [-0.05, 0) is 43.3 Å². The Labute approximate surface area is 157 Å². The SMILES string of the molecule is COc1cccc([C@]2(O)CC(C)=NN2C(=O)COc2ccc(C#N)cc2)c1. The van der Waals surface area contributed by atoms with Gasteiger partial charge in [-0.25, -0.2) is 0 Å². The number of hydrogen-bond acceptors (Lipinski definition) is 6. The summed E-state index contributed by atoms with van der Waals surface area (Å²) in [4.78, 5) is 12.7. The second-order valence-corrected chi connectivity index (χ2v) is 6.19. The first kappa shape index (κ1) is 18.4. The molecule has 1 amide bonds. The first-order chi connectivity index (χ1) is 13.0. The van der Waals surface area contributed by atoms with Crippen molar-refractivity contribution in [3.05, 3.63) is 59.7 Å². The quantitative estimate of drug-likeness (QED) is 0.878. The second-order valence-electron chi connectivity index (χ2n) is 6.19. The number of hydrazone groups is 1. The van der Waals surface area contributed by atoms with Gasteiger partial charge >= 0.3 is 0 Å². The molecule has 0 radical (unpaired) electrons. The molecule has 0 fully saturated rings. The van der Waals surface area contributed by atoms with E-state index >= 15 is 0 Å². The van der Waals surface area contributed by atoms with Crippen LogP contribution in [0.3, 0.4) is 0 Å². The minimum atomic E-state index is -1.59. The lowest BCUT2D eigenvalue weighted by molar-refractivity contribution is -0.159. The van der Waals surface area contributed by atoms with Gasteiger partial charge in [0.05, 0.1) is 18.7 Å². The summed E-state index contributed by atoms with van der Waals surface area (Å²) in [6.45, 7) is 1.45. The average molecular weight is 365 g/mol. The predicted octanol–water partition coefficient (Wildman–Crippen LogP) is 2.40. The van der Waals surface area contributed by atoms with Crippen molar-refractivity contribution in [3.8, 4) is 17.6 Å². The number of nitriles is 1. The zero-order valence-corrected chi connectivity index (χ0v) is 15.0. The lowest BCUT2D eigenvalue weighted by Gasteiger charge is -2.31. The van der Waals surface area contributed by atoms with E-state index in [1.807, 2.05) is 6.07 Å². The van der Waals surface area contributed by atoms with Gasteiger partial charge in [-0.3, -0.25) is 4.79 Å². The third kappa shape index (κ3) is 3.76. The van der Waals surface area contributed by atoms with Gasteiger partial charge in [0.25, 0.3) is 5.91 Å². The Balaban J connectivity index is 1.77. The number of ether oxygens (including phenoxy) is 2. The molecule has 0 aliphatic carbocycles. The molecule has 0 aromatic heterocycles. The van der Waals surface area contributed by atoms with Crippen LogP contribution in [-0.4, -0.2) is 35.5 Å². The summed E-state index contributed by atoms with van der Waals surface area (Å²) in [6, 6.07) is 15.3. The maximum atomic E-state index is 12.7. The Bertz CT molecular complexity index is 918. The van der Waals surface area contributed by atoms with Crippen LogP contribution in [0.25, 0.3) is 0 Å². The zero-order valence-electron chi connectivity index (χ0n) is 15.0. The Hall–Kier alpha value is -3.37. The van der Waals surface area contributed by atoms with Crippen molar-refractivity contribution < 1.29 is 19.4 Å². The molecule has 2 aromatic carbocycles. The molecule has 1 N–H and O–H groups in total. The number of benzene rings is 2. The molecule has 1 heterocycles. The largest absolute Gasteiger partial charge is 0.497 e. The molecule has 0 spiro atoms. The Kier molecular flexibility index (Phi) is 5.10. The van der Waals surface area contributed by atoms with Crippen molar-refractivity contribution in [1.82, 2.24) is 5.01 Å². The standard InChI is InChI=1S/C20H19N3O4/c1-14-11-20(25,16-4-3-5-18(10-16)26-2)23(22-14)19(24)13-27-17-8-6-15(12-21)7-9-17/h3-10,25H,11,13H2,1-2H3/t20-/m1/s1. The highest BCUT2D eigenvalue weighted by atomic mass is 16.5. The van der Waals surface area contributed by atoms with Gasteiger partial charge in [-0.2, -0.15) is 15.4 Å². The van der Waals surface area contributed by atoms with E-state index in [1.165, 1.54) is 7.11 Å². The number of hydrogen-bond donors (Lipinski definition) is 1. The Morgan fingerprint density at radius 3 is 2.70 bits per heavy atom. The molecule has 2 aromatic rings. The van der Waals surface area contributed by atoms with E-state index in [0.717, 1.165) is 5.01 Å². The number of amides is 1. The first-order valence-electron chi connectivity index (χ1n) is 8.33. The highest BCUT2D eigenvalue weighted by Crippen LogP contribution is 2.36. The molecule has 0 unspecified atom stereocenters. The summed E-state index contributed by atoms with van der Waals surface area (Å²) in [5.74, 6) is 0.542. The fourth-order valence-corrected chi connectivity index (χ4v) is 2.91. The second kappa shape index (κ2) is 7.48. The minimum absolute atomic E-state index is 0.197. The fraction of sp³-hybridized carbons (Fsp3) is 0.250. The van der Waals surface area contributed by atoms with Crippen LogP contribution in [0.15, 0.2) is 53.6 Å². The predicted molar refractivity (Wildman–Crippen MR) is 98.1 cm³/mol. The average Bonchev–Trinajstić information content (AvgIpc) is 3.02. The van der Waals surface area contributed by atoms with E-state index in [0.29, 0.717) is 28.3 Å². The highest BCUT2D eigenvalue weighted by molar-refractivity contribution is 5.89. The molecule has 1 atom stereocenters. The Morgan fingerprint density at radius 1 is 1.30 bits per heavy atom. The summed E-state index contributed by atoms with van der Waals surface area (Å²) < 4.78 is 10.7. The van der Waals surface area contributed by atoms with E-state index < -0.39 is 11.6 Å². The number of aliphatic hydroxyl groups is 1.